The van der Waals surface area contributed by atoms with E-state index in [4.69, 9.17) is 0 Å². The Labute approximate surface area is 226 Å². The summed E-state index contributed by atoms with van der Waals surface area (Å²) in [4.78, 5) is 8.72. The van der Waals surface area contributed by atoms with Gasteiger partial charge in [-0.3, -0.25) is 0 Å². The third-order valence-corrected chi connectivity index (χ3v) is 6.94. The zero-order chi connectivity index (χ0) is 24.0. The molecule has 36 heavy (non-hydrogen) atoms. The number of pyridine rings is 1. The van der Waals surface area contributed by atoms with Gasteiger partial charge in [-0.25, -0.2) is 0 Å². The second kappa shape index (κ2) is 9.54. The smallest absolute Gasteiger partial charge is 0.504 e. The van der Waals surface area contributed by atoms with E-state index >= 15 is 0 Å². The summed E-state index contributed by atoms with van der Waals surface area (Å²) in [6, 6.07) is 37.7. The minimum absolute atomic E-state index is 0. The minimum Gasteiger partial charge on any atom is -0.504 e. The van der Waals surface area contributed by atoms with Crippen molar-refractivity contribution in [3.8, 4) is 11.3 Å². The molecule has 0 aliphatic carbocycles. The van der Waals surface area contributed by atoms with E-state index in [1.165, 1.54) is 39.0 Å². The molecule has 0 saturated heterocycles. The van der Waals surface area contributed by atoms with Crippen LogP contribution in [-0.4, -0.2) is 12.0 Å². The van der Waals surface area contributed by atoms with Gasteiger partial charge in [-0.2, -0.15) is 18.8 Å². The maximum Gasteiger partial charge on any atom is 3.00 e. The number of aromatic nitrogens is 1. The van der Waals surface area contributed by atoms with Crippen LogP contribution in [-0.2, 0) is 25.5 Å². The number of rotatable bonds is 1. The first-order chi connectivity index (χ1) is 17.1. The third-order valence-electron chi connectivity index (χ3n) is 6.94. The molecule has 7 rings (SSSR count). The van der Waals surface area contributed by atoms with Gasteiger partial charge in [-0.15, -0.1) is 58.3 Å². The standard InChI is InChI=1S/C21H18N2.C11H8N.Ir/c1-21(2)16-9-6-10-18-20(16)23(13-22(18)3)17-12-11-14-7-4-5-8-15(14)19(17)21;1-2-6-10(7-3-1)11-8-4-5-9-12-11;/h4-11,13H,1-3H3;1-6,8-9H;/q-2;-1;+3. The van der Waals surface area contributed by atoms with Crippen LogP contribution in [0.1, 0.15) is 25.0 Å². The van der Waals surface area contributed by atoms with Gasteiger partial charge < -0.3 is 14.8 Å². The predicted molar refractivity (Wildman–Crippen MR) is 145 cm³/mol. The third kappa shape index (κ3) is 3.91. The molecule has 5 aromatic rings. The number of benzene rings is 4. The Morgan fingerprint density at radius 3 is 2.44 bits per heavy atom. The van der Waals surface area contributed by atoms with E-state index in [1.54, 1.807) is 6.20 Å². The van der Waals surface area contributed by atoms with Gasteiger partial charge in [-0.05, 0) is 35.9 Å². The Balaban J connectivity index is 0.000000175. The van der Waals surface area contributed by atoms with Crippen molar-refractivity contribution in [3.05, 3.63) is 127 Å². The Hall–Kier alpha value is -3.46. The Morgan fingerprint density at radius 1 is 0.861 bits per heavy atom. The molecule has 3 heterocycles. The van der Waals surface area contributed by atoms with E-state index < -0.39 is 0 Å². The summed E-state index contributed by atoms with van der Waals surface area (Å²) in [5.41, 5.74) is 8.46. The number of nitrogens with zero attached hydrogens (tertiary/aromatic N) is 3. The maximum atomic E-state index is 4.22. The molecule has 0 unspecified atom stereocenters. The number of fused-ring (bicyclic) bond motifs is 4. The molecule has 178 valence electrons. The van der Waals surface area contributed by atoms with Crippen LogP contribution in [0.2, 0.25) is 0 Å². The topological polar surface area (TPSA) is 19.4 Å². The van der Waals surface area contributed by atoms with E-state index in [1.807, 2.05) is 42.5 Å². The second-order valence-electron chi connectivity index (χ2n) is 9.49. The zero-order valence-electron chi connectivity index (χ0n) is 20.5. The molecule has 0 bridgehead atoms. The van der Waals surface area contributed by atoms with Crippen LogP contribution in [0.5, 0.6) is 0 Å². The summed E-state index contributed by atoms with van der Waals surface area (Å²) in [5.74, 6) is 0. The van der Waals surface area contributed by atoms with Crippen LogP contribution in [0.15, 0.2) is 97.2 Å². The van der Waals surface area contributed by atoms with Crippen molar-refractivity contribution in [2.45, 2.75) is 19.3 Å². The number of hydrogen-bond donors (Lipinski definition) is 0. The molecule has 0 N–H and O–H groups in total. The van der Waals surface area contributed by atoms with E-state index in [9.17, 15) is 0 Å². The van der Waals surface area contributed by atoms with Crippen molar-refractivity contribution in [1.82, 2.24) is 4.98 Å². The second-order valence-corrected chi connectivity index (χ2v) is 9.49. The summed E-state index contributed by atoms with van der Waals surface area (Å²) in [6.45, 7) is 6.84. The molecule has 0 atom stereocenters. The largest absolute Gasteiger partial charge is 3.00 e. The van der Waals surface area contributed by atoms with Crippen molar-refractivity contribution in [2.75, 3.05) is 16.8 Å². The first-order valence-electron chi connectivity index (χ1n) is 11.9. The van der Waals surface area contributed by atoms with Gasteiger partial charge in [0.05, 0.1) is 0 Å². The Kier molecular flexibility index (Phi) is 6.42. The summed E-state index contributed by atoms with van der Waals surface area (Å²) >= 11 is 0. The first-order valence-corrected chi connectivity index (χ1v) is 11.9. The van der Waals surface area contributed by atoms with Crippen molar-refractivity contribution in [3.63, 3.8) is 0 Å². The van der Waals surface area contributed by atoms with Crippen molar-refractivity contribution in [1.29, 1.82) is 0 Å². The molecular weight excluding hydrogens is 619 g/mol. The summed E-state index contributed by atoms with van der Waals surface area (Å²) in [7, 11) is 2.11. The molecule has 4 heteroatoms. The monoisotopic (exact) mass is 645 g/mol. The van der Waals surface area contributed by atoms with E-state index in [-0.39, 0.29) is 25.5 Å². The average molecular weight is 645 g/mol. The van der Waals surface area contributed by atoms with E-state index in [0.717, 1.165) is 11.3 Å². The molecule has 0 fully saturated rings. The van der Waals surface area contributed by atoms with Gasteiger partial charge in [0.2, 0.25) is 0 Å². The van der Waals surface area contributed by atoms with Gasteiger partial charge in [0.1, 0.15) is 0 Å². The van der Waals surface area contributed by atoms with Gasteiger partial charge in [-0.1, -0.05) is 62.0 Å². The molecule has 0 spiro atoms. The van der Waals surface area contributed by atoms with Crippen LogP contribution < -0.4 is 9.80 Å². The first kappa shape index (κ1) is 24.2. The molecule has 3 nitrogen and oxygen atoms in total. The molecule has 4 aromatic carbocycles. The molecule has 0 amide bonds. The number of anilines is 3. The zero-order valence-corrected chi connectivity index (χ0v) is 22.9. The fourth-order valence-corrected chi connectivity index (χ4v) is 5.26. The van der Waals surface area contributed by atoms with E-state index in [2.05, 4.69) is 103 Å². The minimum atomic E-state index is -0.0481. The van der Waals surface area contributed by atoms with Gasteiger partial charge in [0.15, 0.2) is 0 Å². The van der Waals surface area contributed by atoms with Crippen LogP contribution in [0.4, 0.5) is 17.1 Å². The fourth-order valence-electron chi connectivity index (χ4n) is 5.26. The fraction of sp³-hybridized carbons (Fsp3) is 0.125. The van der Waals surface area contributed by atoms with Crippen molar-refractivity contribution >= 4 is 27.8 Å². The van der Waals surface area contributed by atoms with Crippen LogP contribution >= 0.6 is 0 Å². The molecule has 2 aliphatic rings. The quantitative estimate of drug-likeness (QED) is 0.176. The molecule has 2 aliphatic heterocycles. The van der Waals surface area contributed by atoms with Crippen molar-refractivity contribution < 1.29 is 20.1 Å². The number of para-hydroxylation sites is 1. The van der Waals surface area contributed by atoms with Gasteiger partial charge in [0, 0.05) is 17.6 Å². The van der Waals surface area contributed by atoms with Crippen LogP contribution in [0, 0.1) is 18.8 Å². The molecular formula is C32H26IrN3. The maximum absolute atomic E-state index is 4.22. The summed E-state index contributed by atoms with van der Waals surface area (Å²) in [5, 5.41) is 2.58. The summed E-state index contributed by atoms with van der Waals surface area (Å²) in [6.07, 6.45) is 1.79. The van der Waals surface area contributed by atoms with E-state index in [0.29, 0.717) is 0 Å². The van der Waals surface area contributed by atoms with Gasteiger partial charge in [0.25, 0.3) is 0 Å². The average Bonchev–Trinajstić information content (AvgIpc) is 3.25. The normalized spacial score (nSPS) is 14.3. The Morgan fingerprint density at radius 2 is 1.67 bits per heavy atom. The van der Waals surface area contributed by atoms with Crippen LogP contribution in [0.25, 0.3) is 22.0 Å². The van der Waals surface area contributed by atoms with Crippen LogP contribution in [0.3, 0.4) is 0 Å². The summed E-state index contributed by atoms with van der Waals surface area (Å²) < 4.78 is 0. The molecule has 0 radical (unpaired) electrons. The number of hydrogen-bond acceptors (Lipinski definition) is 3. The Bertz CT molecular complexity index is 1480. The predicted octanol–water partition coefficient (Wildman–Crippen LogP) is 7.53. The molecule has 1 aromatic heterocycles. The SMILES string of the molecule is CN1[CH-]N2c3[c-]cc4ccccc4c3C(C)(C)c3cccc1c32.[Ir+3].[c-]1ccccc1-c1ccccn1. The molecule has 0 saturated carbocycles. The van der Waals surface area contributed by atoms with Gasteiger partial charge >= 0.3 is 20.1 Å². The van der Waals surface area contributed by atoms with Crippen molar-refractivity contribution in [2.24, 2.45) is 0 Å².